The van der Waals surface area contributed by atoms with E-state index in [0.29, 0.717) is 18.5 Å². The molecule has 1 unspecified atom stereocenters. The van der Waals surface area contributed by atoms with Gasteiger partial charge in [0.05, 0.1) is 24.4 Å². The molecule has 1 aromatic heterocycles. The van der Waals surface area contributed by atoms with Gasteiger partial charge < -0.3 is 15.8 Å². The molecule has 7 heteroatoms. The molecular weight excluding hydrogens is 398 g/mol. The van der Waals surface area contributed by atoms with Crippen LogP contribution in [-0.4, -0.2) is 32.5 Å². The van der Waals surface area contributed by atoms with Crippen molar-refractivity contribution in [3.63, 3.8) is 0 Å². The number of ether oxygens (including phenoxy) is 1. The van der Waals surface area contributed by atoms with Crippen LogP contribution >= 0.6 is 0 Å². The van der Waals surface area contributed by atoms with Crippen molar-refractivity contribution >= 4 is 32.2 Å². The van der Waals surface area contributed by atoms with Gasteiger partial charge in [0.2, 0.25) is 0 Å². The molecule has 0 aliphatic heterocycles. The van der Waals surface area contributed by atoms with Gasteiger partial charge in [0.15, 0.2) is 0 Å². The summed E-state index contributed by atoms with van der Waals surface area (Å²) in [5, 5.41) is 4.51. The van der Waals surface area contributed by atoms with Crippen molar-refractivity contribution in [3.8, 4) is 5.75 Å². The second kappa shape index (κ2) is 8.14. The Kier molecular flexibility index (Phi) is 5.56. The average molecular weight is 426 g/mol. The summed E-state index contributed by atoms with van der Waals surface area (Å²) < 4.78 is 28.6. The first kappa shape index (κ1) is 20.5. The quantitative estimate of drug-likeness (QED) is 0.558. The molecule has 30 heavy (non-hydrogen) atoms. The van der Waals surface area contributed by atoms with E-state index in [0.717, 1.165) is 40.9 Å². The Morgan fingerprint density at radius 2 is 2.07 bits per heavy atom. The third kappa shape index (κ3) is 4.36. The zero-order valence-electron chi connectivity index (χ0n) is 17.3. The number of pyridine rings is 1. The average Bonchev–Trinajstić information content (AvgIpc) is 3.10. The monoisotopic (exact) mass is 425 g/mol. The standard InChI is InChI=1S/C23H27N3O3S/c1-29-17-10-8-15-9-11-22(18(15)14-17)26-23-16(5-4-12-30(2,27)28)13-19-20(24)6-3-7-21(19)25-23/h3,6-8,10,13-14,22H,4-5,9,11-12,24H2,1-2H3,(H,25,26). The van der Waals surface area contributed by atoms with Crippen LogP contribution in [0.5, 0.6) is 5.75 Å². The molecule has 1 heterocycles. The van der Waals surface area contributed by atoms with Gasteiger partial charge in [-0.1, -0.05) is 12.1 Å². The van der Waals surface area contributed by atoms with E-state index < -0.39 is 9.84 Å². The summed E-state index contributed by atoms with van der Waals surface area (Å²) >= 11 is 0. The number of methoxy groups -OCH3 is 1. The van der Waals surface area contributed by atoms with Gasteiger partial charge >= 0.3 is 0 Å². The number of rotatable bonds is 7. The smallest absolute Gasteiger partial charge is 0.147 e. The Bertz CT molecular complexity index is 1190. The summed E-state index contributed by atoms with van der Waals surface area (Å²) in [5.41, 5.74) is 11.2. The largest absolute Gasteiger partial charge is 0.497 e. The number of hydrogen-bond acceptors (Lipinski definition) is 6. The van der Waals surface area contributed by atoms with Crippen LogP contribution in [0.1, 0.15) is 35.6 Å². The van der Waals surface area contributed by atoms with Crippen molar-refractivity contribution in [2.75, 3.05) is 30.2 Å². The lowest BCUT2D eigenvalue weighted by Crippen LogP contribution is -2.12. The summed E-state index contributed by atoms with van der Waals surface area (Å²) in [6, 6.07) is 14.1. The van der Waals surface area contributed by atoms with E-state index in [9.17, 15) is 8.42 Å². The van der Waals surface area contributed by atoms with Crippen molar-refractivity contribution in [3.05, 3.63) is 59.2 Å². The van der Waals surface area contributed by atoms with Crippen LogP contribution in [0.15, 0.2) is 42.5 Å². The number of anilines is 2. The van der Waals surface area contributed by atoms with Crippen LogP contribution in [0, 0.1) is 0 Å². The lowest BCUT2D eigenvalue weighted by atomic mass is 10.0. The molecule has 0 bridgehead atoms. The van der Waals surface area contributed by atoms with E-state index in [-0.39, 0.29) is 11.8 Å². The number of benzene rings is 2. The Morgan fingerprint density at radius 1 is 1.23 bits per heavy atom. The highest BCUT2D eigenvalue weighted by molar-refractivity contribution is 7.90. The minimum atomic E-state index is -3.01. The van der Waals surface area contributed by atoms with Crippen molar-refractivity contribution in [1.29, 1.82) is 0 Å². The van der Waals surface area contributed by atoms with Gasteiger partial charge in [-0.25, -0.2) is 13.4 Å². The topological polar surface area (TPSA) is 94.3 Å². The van der Waals surface area contributed by atoms with E-state index in [1.165, 1.54) is 17.4 Å². The van der Waals surface area contributed by atoms with E-state index in [1.807, 2.05) is 30.3 Å². The summed E-state index contributed by atoms with van der Waals surface area (Å²) in [7, 11) is -1.33. The van der Waals surface area contributed by atoms with Gasteiger partial charge in [0.25, 0.3) is 0 Å². The maximum Gasteiger partial charge on any atom is 0.147 e. The molecule has 2 aromatic carbocycles. The van der Waals surface area contributed by atoms with Crippen molar-refractivity contribution in [2.45, 2.75) is 31.7 Å². The van der Waals surface area contributed by atoms with Crippen molar-refractivity contribution in [1.82, 2.24) is 4.98 Å². The van der Waals surface area contributed by atoms with E-state index in [4.69, 9.17) is 15.5 Å². The fourth-order valence-electron chi connectivity index (χ4n) is 4.12. The molecule has 0 radical (unpaired) electrons. The molecule has 6 nitrogen and oxygen atoms in total. The molecule has 1 atom stereocenters. The molecule has 158 valence electrons. The number of fused-ring (bicyclic) bond motifs is 2. The van der Waals surface area contributed by atoms with Gasteiger partial charge in [-0.05, 0) is 72.7 Å². The fraction of sp³-hybridized carbons (Fsp3) is 0.348. The molecule has 0 amide bonds. The van der Waals surface area contributed by atoms with Crippen LogP contribution in [-0.2, 0) is 22.7 Å². The molecule has 1 aliphatic carbocycles. The normalized spacial score (nSPS) is 15.9. The van der Waals surface area contributed by atoms with Crippen molar-refractivity contribution in [2.24, 2.45) is 0 Å². The summed E-state index contributed by atoms with van der Waals surface area (Å²) in [6.45, 7) is 0. The number of hydrogen-bond donors (Lipinski definition) is 2. The number of aromatic nitrogens is 1. The van der Waals surface area contributed by atoms with Gasteiger partial charge in [0.1, 0.15) is 21.4 Å². The summed E-state index contributed by atoms with van der Waals surface area (Å²) in [4.78, 5) is 4.86. The highest BCUT2D eigenvalue weighted by atomic mass is 32.2. The van der Waals surface area contributed by atoms with Gasteiger partial charge in [0, 0.05) is 17.3 Å². The fourth-order valence-corrected chi connectivity index (χ4v) is 4.79. The number of sulfone groups is 1. The van der Waals surface area contributed by atoms with E-state index in [1.54, 1.807) is 7.11 Å². The van der Waals surface area contributed by atoms with Crippen LogP contribution in [0.3, 0.4) is 0 Å². The van der Waals surface area contributed by atoms with Crippen LogP contribution in [0.2, 0.25) is 0 Å². The number of nitrogens with two attached hydrogens (primary N) is 1. The summed E-state index contributed by atoms with van der Waals surface area (Å²) in [6.07, 6.45) is 4.40. The molecule has 0 saturated heterocycles. The molecule has 0 spiro atoms. The number of aryl methyl sites for hydroxylation is 2. The minimum absolute atomic E-state index is 0.134. The minimum Gasteiger partial charge on any atom is -0.497 e. The SMILES string of the molecule is COc1ccc2c(c1)C(Nc1nc3cccc(N)c3cc1CCCS(C)(=O)=O)CC2. The zero-order chi connectivity index (χ0) is 21.3. The van der Waals surface area contributed by atoms with Crippen LogP contribution < -0.4 is 15.8 Å². The molecule has 1 aliphatic rings. The van der Waals surface area contributed by atoms with Crippen LogP contribution in [0.25, 0.3) is 10.9 Å². The maximum absolute atomic E-state index is 11.6. The van der Waals surface area contributed by atoms with E-state index >= 15 is 0 Å². The Morgan fingerprint density at radius 3 is 2.83 bits per heavy atom. The number of nitrogens with zero attached hydrogens (tertiary/aromatic N) is 1. The Hall–Kier alpha value is -2.80. The zero-order valence-corrected chi connectivity index (χ0v) is 18.1. The molecule has 0 fully saturated rings. The van der Waals surface area contributed by atoms with Gasteiger partial charge in [-0.15, -0.1) is 0 Å². The first-order chi connectivity index (χ1) is 14.3. The second-order valence-corrected chi connectivity index (χ2v) is 10.2. The molecule has 3 aromatic rings. The first-order valence-electron chi connectivity index (χ1n) is 10.1. The Balaban J connectivity index is 1.68. The molecular formula is C23H27N3O3S. The summed E-state index contributed by atoms with van der Waals surface area (Å²) in [5.74, 6) is 1.79. The number of nitrogen functional groups attached to an aromatic ring is 1. The second-order valence-electron chi connectivity index (χ2n) is 7.94. The van der Waals surface area contributed by atoms with Crippen molar-refractivity contribution < 1.29 is 13.2 Å². The van der Waals surface area contributed by atoms with Gasteiger partial charge in [-0.3, -0.25) is 0 Å². The molecule has 4 rings (SSSR count). The number of nitrogens with one attached hydrogen (secondary N) is 1. The van der Waals surface area contributed by atoms with Gasteiger partial charge in [-0.2, -0.15) is 0 Å². The lowest BCUT2D eigenvalue weighted by Gasteiger charge is -2.19. The predicted octanol–water partition coefficient (Wildman–Crippen LogP) is 3.90. The molecule has 0 saturated carbocycles. The third-order valence-corrected chi connectivity index (χ3v) is 6.71. The third-order valence-electron chi connectivity index (χ3n) is 5.67. The Labute approximate surface area is 177 Å². The lowest BCUT2D eigenvalue weighted by molar-refractivity contribution is 0.414. The predicted molar refractivity (Wildman–Crippen MR) is 122 cm³/mol. The molecule has 3 N–H and O–H groups in total. The highest BCUT2D eigenvalue weighted by Gasteiger charge is 2.24. The van der Waals surface area contributed by atoms with E-state index in [2.05, 4.69) is 17.4 Å². The maximum atomic E-state index is 11.6. The first-order valence-corrected chi connectivity index (χ1v) is 12.2. The highest BCUT2D eigenvalue weighted by Crippen LogP contribution is 2.37. The van der Waals surface area contributed by atoms with Crippen LogP contribution in [0.4, 0.5) is 11.5 Å².